The van der Waals surface area contributed by atoms with E-state index in [1.807, 2.05) is 6.07 Å². The van der Waals surface area contributed by atoms with Crippen LogP contribution in [0.5, 0.6) is 0 Å². The summed E-state index contributed by atoms with van der Waals surface area (Å²) in [6.45, 7) is 11.6. The highest BCUT2D eigenvalue weighted by Gasteiger charge is 2.33. The number of hydrogen-bond donors (Lipinski definition) is 2. The smallest absolute Gasteiger partial charge is 0.245 e. The Morgan fingerprint density at radius 1 is 1.18 bits per heavy atom. The monoisotopic (exact) mass is 450 g/mol. The summed E-state index contributed by atoms with van der Waals surface area (Å²) in [4.78, 5) is 25.7. The van der Waals surface area contributed by atoms with Crippen LogP contribution in [0.3, 0.4) is 0 Å². The van der Waals surface area contributed by atoms with Crippen molar-refractivity contribution in [2.75, 3.05) is 31.6 Å². The summed E-state index contributed by atoms with van der Waals surface area (Å²) in [6, 6.07) is 8.38. The first-order valence-electron chi connectivity index (χ1n) is 12.2. The van der Waals surface area contributed by atoms with E-state index in [2.05, 4.69) is 89.1 Å². The van der Waals surface area contributed by atoms with Crippen LogP contribution in [-0.2, 0) is 6.42 Å². The molecule has 1 aliphatic heterocycles. The fourth-order valence-electron chi connectivity index (χ4n) is 4.75. The van der Waals surface area contributed by atoms with Gasteiger partial charge in [0.05, 0.1) is 0 Å². The minimum Gasteiger partial charge on any atom is -0.361 e. The Hall–Kier alpha value is -2.67. The van der Waals surface area contributed by atoms with E-state index >= 15 is 0 Å². The lowest BCUT2D eigenvalue weighted by molar-refractivity contribution is 0.0947. The Morgan fingerprint density at radius 3 is 2.73 bits per heavy atom. The van der Waals surface area contributed by atoms with Crippen molar-refractivity contribution in [3.8, 4) is 0 Å². The lowest BCUT2D eigenvalue weighted by atomic mass is 9.88. The molecule has 0 saturated carbocycles. The standard InChI is InChI=1S/C26H38N6O/c1-18(2)10-11-19(14-20-16-27-22-9-7-6-8-21(20)22)15-23(33)24-28-25(30-29-24)32-13-12-31(5)26(3,4)17-32/h6-9,16,18-19,27H,10-15,17H2,1-5H3,(H,28,29,30). The molecule has 33 heavy (non-hydrogen) atoms. The number of aromatic amines is 2. The van der Waals surface area contributed by atoms with Gasteiger partial charge in [0.25, 0.3) is 0 Å². The van der Waals surface area contributed by atoms with Crippen LogP contribution in [0.15, 0.2) is 30.5 Å². The van der Waals surface area contributed by atoms with E-state index in [0.29, 0.717) is 24.1 Å². The van der Waals surface area contributed by atoms with Crippen LogP contribution in [0.4, 0.5) is 5.95 Å². The molecule has 4 rings (SSSR count). The van der Waals surface area contributed by atoms with Crippen molar-refractivity contribution in [2.24, 2.45) is 11.8 Å². The maximum absolute atomic E-state index is 13.2. The van der Waals surface area contributed by atoms with Crippen molar-refractivity contribution in [1.29, 1.82) is 0 Å². The summed E-state index contributed by atoms with van der Waals surface area (Å²) < 4.78 is 0. The van der Waals surface area contributed by atoms with E-state index in [9.17, 15) is 4.79 Å². The van der Waals surface area contributed by atoms with Gasteiger partial charge in [0, 0.05) is 48.7 Å². The number of Topliss-reactive ketones (excluding diaryl/α,β-unsaturated/α-hetero) is 1. The molecule has 2 aromatic heterocycles. The van der Waals surface area contributed by atoms with Gasteiger partial charge in [-0.15, -0.1) is 5.10 Å². The van der Waals surface area contributed by atoms with Crippen LogP contribution in [0.25, 0.3) is 10.9 Å². The van der Waals surface area contributed by atoms with Crippen LogP contribution in [0.2, 0.25) is 0 Å². The number of para-hydroxylation sites is 1. The second-order valence-electron chi connectivity index (χ2n) is 10.7. The van der Waals surface area contributed by atoms with Gasteiger partial charge in [-0.25, -0.2) is 0 Å². The number of nitrogens with zero attached hydrogens (tertiary/aromatic N) is 4. The van der Waals surface area contributed by atoms with Crippen molar-refractivity contribution >= 4 is 22.6 Å². The number of rotatable bonds is 9. The van der Waals surface area contributed by atoms with Gasteiger partial charge in [-0.2, -0.15) is 4.98 Å². The fraction of sp³-hybridized carbons (Fsp3) is 0.577. The third-order valence-corrected chi connectivity index (χ3v) is 7.15. The zero-order chi connectivity index (χ0) is 23.6. The highest BCUT2D eigenvalue weighted by Crippen LogP contribution is 2.27. The summed E-state index contributed by atoms with van der Waals surface area (Å²) >= 11 is 0. The van der Waals surface area contributed by atoms with Crippen LogP contribution >= 0.6 is 0 Å². The Kier molecular flexibility index (Phi) is 6.88. The third kappa shape index (κ3) is 5.46. The van der Waals surface area contributed by atoms with Gasteiger partial charge in [-0.3, -0.25) is 14.8 Å². The molecule has 0 radical (unpaired) electrons. The number of anilines is 1. The van der Waals surface area contributed by atoms with Gasteiger partial charge in [-0.1, -0.05) is 38.5 Å². The summed E-state index contributed by atoms with van der Waals surface area (Å²) in [6.07, 6.45) is 5.60. The second kappa shape index (κ2) is 9.67. The molecular weight excluding hydrogens is 412 g/mol. The molecule has 1 atom stereocenters. The van der Waals surface area contributed by atoms with Crippen molar-refractivity contribution in [2.45, 2.75) is 58.9 Å². The first-order chi connectivity index (χ1) is 15.7. The lowest BCUT2D eigenvalue weighted by Crippen LogP contribution is -2.58. The van der Waals surface area contributed by atoms with Crippen molar-refractivity contribution < 1.29 is 4.79 Å². The van der Waals surface area contributed by atoms with E-state index in [1.54, 1.807) is 0 Å². The maximum Gasteiger partial charge on any atom is 0.245 e. The Balaban J connectivity index is 1.46. The summed E-state index contributed by atoms with van der Waals surface area (Å²) in [5.41, 5.74) is 2.48. The molecule has 0 bridgehead atoms. The number of nitrogens with one attached hydrogen (secondary N) is 2. The number of aromatic nitrogens is 4. The van der Waals surface area contributed by atoms with Gasteiger partial charge in [-0.05, 0) is 57.2 Å². The van der Waals surface area contributed by atoms with Crippen molar-refractivity contribution in [3.05, 3.63) is 41.9 Å². The van der Waals surface area contributed by atoms with Gasteiger partial charge in [0.15, 0.2) is 11.6 Å². The number of fused-ring (bicyclic) bond motifs is 1. The summed E-state index contributed by atoms with van der Waals surface area (Å²) in [7, 11) is 2.15. The number of hydrogen-bond acceptors (Lipinski definition) is 5. The predicted molar refractivity (Wildman–Crippen MR) is 134 cm³/mol. The molecule has 0 spiro atoms. The Bertz CT molecular complexity index is 1080. The summed E-state index contributed by atoms with van der Waals surface area (Å²) in [5.74, 6) is 1.96. The number of piperazine rings is 1. The molecule has 1 saturated heterocycles. The molecule has 2 N–H and O–H groups in total. The molecule has 1 unspecified atom stereocenters. The molecule has 1 aliphatic rings. The fourth-order valence-corrected chi connectivity index (χ4v) is 4.75. The van der Waals surface area contributed by atoms with Crippen molar-refractivity contribution in [3.63, 3.8) is 0 Å². The molecule has 3 aromatic rings. The highest BCUT2D eigenvalue weighted by atomic mass is 16.1. The topological polar surface area (TPSA) is 80.9 Å². The van der Waals surface area contributed by atoms with Gasteiger partial charge >= 0.3 is 0 Å². The van der Waals surface area contributed by atoms with Gasteiger partial charge in [0.1, 0.15) is 0 Å². The largest absolute Gasteiger partial charge is 0.361 e. The maximum atomic E-state index is 13.2. The van der Waals surface area contributed by atoms with Crippen LogP contribution in [-0.4, -0.2) is 63.1 Å². The quantitative estimate of drug-likeness (QED) is 0.463. The van der Waals surface area contributed by atoms with Gasteiger partial charge < -0.3 is 9.88 Å². The predicted octanol–water partition coefficient (Wildman–Crippen LogP) is 4.68. The molecule has 1 aromatic carbocycles. The van der Waals surface area contributed by atoms with E-state index in [0.717, 1.165) is 44.4 Å². The number of likely N-dealkylation sites (N-methyl/N-ethyl adjacent to an activating group) is 1. The zero-order valence-corrected chi connectivity index (χ0v) is 20.7. The minimum absolute atomic E-state index is 0.0460. The van der Waals surface area contributed by atoms with E-state index in [4.69, 9.17) is 0 Å². The average molecular weight is 451 g/mol. The summed E-state index contributed by atoms with van der Waals surface area (Å²) in [5, 5.41) is 8.57. The van der Waals surface area contributed by atoms with Crippen LogP contribution in [0, 0.1) is 11.8 Å². The SMILES string of the molecule is CC(C)CCC(CC(=O)c1nc(N2CCN(C)C(C)(C)C2)n[nH]1)Cc1c[nH]c2ccccc12. The molecule has 0 amide bonds. The van der Waals surface area contributed by atoms with Gasteiger partial charge in [0.2, 0.25) is 5.95 Å². The molecule has 3 heterocycles. The number of H-pyrrole nitrogens is 2. The van der Waals surface area contributed by atoms with Crippen LogP contribution < -0.4 is 4.90 Å². The molecule has 178 valence electrons. The molecule has 1 fully saturated rings. The van der Waals surface area contributed by atoms with E-state index in [-0.39, 0.29) is 17.2 Å². The van der Waals surface area contributed by atoms with E-state index < -0.39 is 0 Å². The molecule has 7 heteroatoms. The number of benzene rings is 1. The average Bonchev–Trinajstić information content (AvgIpc) is 3.42. The number of carbonyl (C=O) groups is 1. The Labute approximate surface area is 197 Å². The number of carbonyl (C=O) groups excluding carboxylic acids is 1. The second-order valence-corrected chi connectivity index (χ2v) is 10.7. The minimum atomic E-state index is 0.0460. The Morgan fingerprint density at radius 2 is 1.97 bits per heavy atom. The normalized spacial score (nSPS) is 17.7. The molecular formula is C26H38N6O. The first-order valence-corrected chi connectivity index (χ1v) is 12.2. The third-order valence-electron chi connectivity index (χ3n) is 7.15. The highest BCUT2D eigenvalue weighted by molar-refractivity contribution is 5.93. The zero-order valence-electron chi connectivity index (χ0n) is 20.7. The van der Waals surface area contributed by atoms with Crippen molar-refractivity contribution in [1.82, 2.24) is 25.1 Å². The lowest BCUT2D eigenvalue weighted by Gasteiger charge is -2.44. The van der Waals surface area contributed by atoms with Crippen LogP contribution in [0.1, 0.15) is 63.1 Å². The first kappa shape index (κ1) is 23.5. The number of ketones is 1. The molecule has 0 aliphatic carbocycles. The van der Waals surface area contributed by atoms with E-state index in [1.165, 1.54) is 10.9 Å². The molecule has 7 nitrogen and oxygen atoms in total.